The lowest BCUT2D eigenvalue weighted by Gasteiger charge is -2.04. The predicted molar refractivity (Wildman–Crippen MR) is 68.5 cm³/mol. The second kappa shape index (κ2) is 4.45. The zero-order valence-corrected chi connectivity index (χ0v) is 10.1. The van der Waals surface area contributed by atoms with Gasteiger partial charge in [-0.05, 0) is 12.1 Å². The van der Waals surface area contributed by atoms with Gasteiger partial charge in [0.2, 0.25) is 0 Å². The summed E-state index contributed by atoms with van der Waals surface area (Å²) in [6.45, 7) is 0. The Morgan fingerprint density at radius 2 is 2.16 bits per heavy atom. The van der Waals surface area contributed by atoms with Gasteiger partial charge in [-0.1, -0.05) is 0 Å². The zero-order chi connectivity index (χ0) is 13.2. The number of hydrogen-bond acceptors (Lipinski definition) is 5. The lowest BCUT2D eigenvalue weighted by molar-refractivity contribution is 0.102. The fourth-order valence-corrected chi connectivity index (χ4v) is 1.72. The van der Waals surface area contributed by atoms with Crippen LogP contribution in [0.4, 0.5) is 5.69 Å². The van der Waals surface area contributed by atoms with Gasteiger partial charge in [0, 0.05) is 13.2 Å². The van der Waals surface area contributed by atoms with E-state index in [9.17, 15) is 4.79 Å². The lowest BCUT2D eigenvalue weighted by Crippen LogP contribution is -2.12. The molecule has 0 aliphatic heterocycles. The molecule has 0 spiro atoms. The third-order valence-electron chi connectivity index (χ3n) is 2.70. The van der Waals surface area contributed by atoms with Gasteiger partial charge in [0.05, 0.1) is 35.4 Å². The molecular formula is C12H10N6O. The molecule has 1 N–H and O–H groups in total. The minimum Gasteiger partial charge on any atom is -0.320 e. The summed E-state index contributed by atoms with van der Waals surface area (Å²) in [7, 11) is 1.80. The molecule has 0 fully saturated rings. The molecule has 1 amide bonds. The van der Waals surface area contributed by atoms with E-state index in [1.807, 2.05) is 0 Å². The van der Waals surface area contributed by atoms with Crippen LogP contribution in [0.3, 0.4) is 0 Å². The molecular weight excluding hydrogens is 244 g/mol. The van der Waals surface area contributed by atoms with E-state index < -0.39 is 0 Å². The van der Waals surface area contributed by atoms with Gasteiger partial charge >= 0.3 is 0 Å². The summed E-state index contributed by atoms with van der Waals surface area (Å²) in [5, 5.41) is 14.1. The number of carbonyl (C=O) groups excluding carboxylic acids is 1. The number of fused-ring (bicyclic) bond motifs is 1. The van der Waals surface area contributed by atoms with E-state index in [4.69, 9.17) is 0 Å². The van der Waals surface area contributed by atoms with Crippen LogP contribution in [-0.2, 0) is 7.05 Å². The zero-order valence-electron chi connectivity index (χ0n) is 10.1. The summed E-state index contributed by atoms with van der Waals surface area (Å²) in [4.78, 5) is 16.3. The molecule has 7 nitrogen and oxygen atoms in total. The van der Waals surface area contributed by atoms with Gasteiger partial charge in [0.25, 0.3) is 5.91 Å². The summed E-state index contributed by atoms with van der Waals surface area (Å²) < 4.78 is 1.67. The predicted octanol–water partition coefficient (Wildman–Crippen LogP) is 1.01. The van der Waals surface area contributed by atoms with Crippen LogP contribution in [0.1, 0.15) is 10.4 Å². The highest BCUT2D eigenvalue weighted by molar-refractivity contribution is 6.05. The Bertz CT molecular complexity index is 736. The minimum absolute atomic E-state index is 0.247. The summed E-state index contributed by atoms with van der Waals surface area (Å²) in [5.41, 5.74) is 2.61. The average Bonchev–Trinajstić information content (AvgIpc) is 2.81. The molecule has 0 saturated heterocycles. The molecule has 0 saturated carbocycles. The Morgan fingerprint density at radius 3 is 2.95 bits per heavy atom. The minimum atomic E-state index is -0.247. The molecule has 3 rings (SSSR count). The van der Waals surface area contributed by atoms with E-state index in [0.29, 0.717) is 11.3 Å². The Balaban J connectivity index is 1.91. The summed E-state index contributed by atoms with van der Waals surface area (Å²) in [6.07, 6.45) is 6.17. The van der Waals surface area contributed by atoms with E-state index in [0.717, 1.165) is 11.0 Å². The lowest BCUT2D eigenvalue weighted by atomic mass is 10.2. The summed E-state index contributed by atoms with van der Waals surface area (Å²) in [6, 6.07) is 3.42. The number of hydrogen-bond donors (Lipinski definition) is 1. The van der Waals surface area contributed by atoms with Gasteiger partial charge in [-0.15, -0.1) is 0 Å². The molecule has 3 aromatic heterocycles. The van der Waals surface area contributed by atoms with Crippen molar-refractivity contribution in [2.24, 2.45) is 7.05 Å². The van der Waals surface area contributed by atoms with Crippen molar-refractivity contribution >= 4 is 22.6 Å². The first-order valence-corrected chi connectivity index (χ1v) is 5.60. The van der Waals surface area contributed by atoms with Crippen molar-refractivity contribution in [3.05, 3.63) is 42.5 Å². The molecule has 0 atom stereocenters. The van der Waals surface area contributed by atoms with Crippen LogP contribution in [0.5, 0.6) is 0 Å². The highest BCUT2D eigenvalue weighted by Gasteiger charge is 2.09. The van der Waals surface area contributed by atoms with Crippen LogP contribution >= 0.6 is 0 Å². The van der Waals surface area contributed by atoms with Gasteiger partial charge in [-0.2, -0.15) is 15.3 Å². The average molecular weight is 254 g/mol. The number of amides is 1. The van der Waals surface area contributed by atoms with Crippen LogP contribution in [0, 0.1) is 0 Å². The maximum atomic E-state index is 12.1. The van der Waals surface area contributed by atoms with E-state index in [1.54, 1.807) is 30.1 Å². The molecule has 0 aliphatic rings. The van der Waals surface area contributed by atoms with E-state index in [1.165, 1.54) is 18.6 Å². The fraction of sp³-hybridized carbons (Fsp3) is 0.0833. The van der Waals surface area contributed by atoms with E-state index in [-0.39, 0.29) is 5.91 Å². The molecule has 0 aliphatic carbocycles. The highest BCUT2D eigenvalue weighted by Crippen LogP contribution is 2.13. The van der Waals surface area contributed by atoms with Crippen LogP contribution in [0.2, 0.25) is 0 Å². The van der Waals surface area contributed by atoms with Crippen molar-refractivity contribution in [2.75, 3.05) is 5.32 Å². The van der Waals surface area contributed by atoms with Gasteiger partial charge in [-0.25, -0.2) is 0 Å². The normalized spacial score (nSPS) is 10.6. The second-order valence-electron chi connectivity index (χ2n) is 3.98. The Kier molecular flexibility index (Phi) is 2.64. The standard InChI is InChI=1S/C12H10N6O/c1-18-11-4-8(5-13-10(11)7-16-18)12(19)17-9-2-3-14-15-6-9/h2-7H,1H3,(H,14,17,19). The van der Waals surface area contributed by atoms with Crippen LogP contribution in [0.15, 0.2) is 36.9 Å². The number of rotatable bonds is 2. The molecule has 3 heterocycles. The van der Waals surface area contributed by atoms with Gasteiger partial charge < -0.3 is 5.32 Å². The number of anilines is 1. The number of aryl methyl sites for hydroxylation is 1. The summed E-state index contributed by atoms with van der Waals surface area (Å²) in [5.74, 6) is -0.247. The number of aromatic nitrogens is 5. The monoisotopic (exact) mass is 254 g/mol. The number of nitrogens with zero attached hydrogens (tertiary/aromatic N) is 5. The summed E-state index contributed by atoms with van der Waals surface area (Å²) >= 11 is 0. The smallest absolute Gasteiger partial charge is 0.257 e. The molecule has 0 radical (unpaired) electrons. The number of nitrogens with one attached hydrogen (secondary N) is 1. The number of pyridine rings is 1. The van der Waals surface area contributed by atoms with Crippen molar-refractivity contribution in [1.82, 2.24) is 25.0 Å². The maximum absolute atomic E-state index is 12.1. The van der Waals surface area contributed by atoms with Crippen LogP contribution in [0.25, 0.3) is 11.0 Å². The molecule has 94 valence electrons. The van der Waals surface area contributed by atoms with Crippen molar-refractivity contribution in [3.8, 4) is 0 Å². The SMILES string of the molecule is Cn1ncc2ncc(C(=O)Nc3ccnnc3)cc21. The maximum Gasteiger partial charge on any atom is 0.257 e. The highest BCUT2D eigenvalue weighted by atomic mass is 16.1. The van der Waals surface area contributed by atoms with Crippen LogP contribution < -0.4 is 5.32 Å². The van der Waals surface area contributed by atoms with Crippen molar-refractivity contribution < 1.29 is 4.79 Å². The topological polar surface area (TPSA) is 85.6 Å². The van der Waals surface area contributed by atoms with Crippen molar-refractivity contribution in [2.45, 2.75) is 0 Å². The van der Waals surface area contributed by atoms with Gasteiger partial charge in [0.1, 0.15) is 5.52 Å². The Hall–Kier alpha value is -2.83. The third kappa shape index (κ3) is 2.13. The Morgan fingerprint density at radius 1 is 1.26 bits per heavy atom. The molecule has 19 heavy (non-hydrogen) atoms. The quantitative estimate of drug-likeness (QED) is 0.737. The molecule has 7 heteroatoms. The fourth-order valence-electron chi connectivity index (χ4n) is 1.72. The molecule has 3 aromatic rings. The van der Waals surface area contributed by atoms with Crippen LogP contribution in [-0.4, -0.2) is 30.9 Å². The first-order valence-electron chi connectivity index (χ1n) is 5.60. The second-order valence-corrected chi connectivity index (χ2v) is 3.98. The largest absolute Gasteiger partial charge is 0.320 e. The van der Waals surface area contributed by atoms with Gasteiger partial charge in [-0.3, -0.25) is 14.5 Å². The van der Waals surface area contributed by atoms with E-state index >= 15 is 0 Å². The Labute approximate surface area is 108 Å². The van der Waals surface area contributed by atoms with Gasteiger partial charge in [0.15, 0.2) is 0 Å². The van der Waals surface area contributed by atoms with E-state index in [2.05, 4.69) is 25.6 Å². The molecule has 0 bridgehead atoms. The van der Waals surface area contributed by atoms with Crippen molar-refractivity contribution in [3.63, 3.8) is 0 Å². The molecule has 0 unspecified atom stereocenters. The molecule has 0 aromatic carbocycles. The first-order chi connectivity index (χ1) is 9.24. The third-order valence-corrected chi connectivity index (χ3v) is 2.70. The van der Waals surface area contributed by atoms with Crippen molar-refractivity contribution in [1.29, 1.82) is 0 Å². The number of carbonyl (C=O) groups is 1. The first kappa shape index (κ1) is 11.3.